The molecule has 3 rings (SSSR count). The van der Waals surface area contributed by atoms with Gasteiger partial charge in [0.1, 0.15) is 0 Å². The molecule has 0 aliphatic heterocycles. The monoisotopic (exact) mass is 336 g/mol. The summed E-state index contributed by atoms with van der Waals surface area (Å²) in [6.07, 6.45) is 5.13. The molecule has 0 spiro atoms. The van der Waals surface area contributed by atoms with Gasteiger partial charge >= 0.3 is 0 Å². The predicted molar refractivity (Wildman–Crippen MR) is 98.7 cm³/mol. The first-order valence-corrected chi connectivity index (χ1v) is 8.03. The van der Waals surface area contributed by atoms with Gasteiger partial charge in [-0.3, -0.25) is 9.78 Å². The molecule has 1 heterocycles. The summed E-state index contributed by atoms with van der Waals surface area (Å²) < 4.78 is 0. The maximum Gasteiger partial charge on any atom is 0.246 e. The first-order chi connectivity index (χ1) is 11.6. The standard InChI is InChI=1S/C20H17ClN2O/c1-23(14-17-6-2-3-10-18(17)21)19(24)12-11-16-8-4-7-15-9-5-13-22-20(15)16/h2-13H,14H2,1H3/b12-11+. The molecule has 4 heteroatoms. The Balaban J connectivity index is 1.76. The molecule has 3 nitrogen and oxygen atoms in total. The van der Waals surface area contributed by atoms with E-state index in [-0.39, 0.29) is 5.91 Å². The summed E-state index contributed by atoms with van der Waals surface area (Å²) >= 11 is 6.15. The molecule has 2 aromatic carbocycles. The summed E-state index contributed by atoms with van der Waals surface area (Å²) in [6.45, 7) is 0.469. The van der Waals surface area contributed by atoms with E-state index in [0.29, 0.717) is 11.6 Å². The quantitative estimate of drug-likeness (QED) is 0.654. The van der Waals surface area contributed by atoms with Crippen molar-refractivity contribution in [3.8, 4) is 0 Å². The fourth-order valence-electron chi connectivity index (χ4n) is 2.51. The number of pyridine rings is 1. The van der Waals surface area contributed by atoms with Crippen molar-refractivity contribution in [1.82, 2.24) is 9.88 Å². The number of para-hydroxylation sites is 1. The number of benzene rings is 2. The van der Waals surface area contributed by atoms with Gasteiger partial charge in [0.15, 0.2) is 0 Å². The number of rotatable bonds is 4. The molecule has 0 fully saturated rings. The first-order valence-electron chi connectivity index (χ1n) is 7.65. The Morgan fingerprint density at radius 3 is 2.75 bits per heavy atom. The zero-order valence-electron chi connectivity index (χ0n) is 13.3. The van der Waals surface area contributed by atoms with Crippen molar-refractivity contribution in [2.24, 2.45) is 0 Å². The number of fused-ring (bicyclic) bond motifs is 1. The Morgan fingerprint density at radius 1 is 1.12 bits per heavy atom. The molecule has 24 heavy (non-hydrogen) atoms. The zero-order valence-corrected chi connectivity index (χ0v) is 14.1. The molecule has 0 bridgehead atoms. The summed E-state index contributed by atoms with van der Waals surface area (Å²) in [4.78, 5) is 18.4. The van der Waals surface area contributed by atoms with Gasteiger partial charge in [0.2, 0.25) is 5.91 Å². The Morgan fingerprint density at radius 2 is 1.92 bits per heavy atom. The second-order valence-electron chi connectivity index (χ2n) is 5.54. The number of nitrogens with zero attached hydrogens (tertiary/aromatic N) is 2. The van der Waals surface area contributed by atoms with Crippen molar-refractivity contribution in [2.75, 3.05) is 7.05 Å². The van der Waals surface area contributed by atoms with Crippen molar-refractivity contribution < 1.29 is 4.79 Å². The molecule has 0 atom stereocenters. The maximum absolute atomic E-state index is 12.3. The molecule has 0 N–H and O–H groups in total. The van der Waals surface area contributed by atoms with E-state index in [1.54, 1.807) is 30.3 Å². The van der Waals surface area contributed by atoms with E-state index in [2.05, 4.69) is 4.98 Å². The third-order valence-electron chi connectivity index (χ3n) is 3.81. The third kappa shape index (κ3) is 3.63. The van der Waals surface area contributed by atoms with Gasteiger partial charge in [0.25, 0.3) is 0 Å². The number of carbonyl (C=O) groups is 1. The van der Waals surface area contributed by atoms with Gasteiger partial charge in [0, 0.05) is 41.8 Å². The Bertz CT molecular complexity index is 900. The number of likely N-dealkylation sites (N-methyl/N-ethyl adjacent to an activating group) is 1. The van der Waals surface area contributed by atoms with Crippen molar-refractivity contribution in [2.45, 2.75) is 6.54 Å². The lowest BCUT2D eigenvalue weighted by Crippen LogP contribution is -2.24. The minimum Gasteiger partial charge on any atom is -0.338 e. The predicted octanol–water partition coefficient (Wildman–Crippen LogP) is 4.56. The van der Waals surface area contributed by atoms with Gasteiger partial charge in [-0.05, 0) is 23.8 Å². The summed E-state index contributed by atoms with van der Waals surface area (Å²) in [6, 6.07) is 17.4. The Hall–Kier alpha value is -2.65. The van der Waals surface area contributed by atoms with Crippen LogP contribution < -0.4 is 0 Å². The molecule has 120 valence electrons. The Labute approximate surface area is 146 Å². The van der Waals surface area contributed by atoms with Crippen LogP contribution in [-0.4, -0.2) is 22.8 Å². The SMILES string of the molecule is CN(Cc1ccccc1Cl)C(=O)/C=C/c1cccc2cccnc12. The molecule has 0 aliphatic carbocycles. The highest BCUT2D eigenvalue weighted by Crippen LogP contribution is 2.18. The second kappa shape index (κ2) is 7.28. The topological polar surface area (TPSA) is 33.2 Å². The number of amides is 1. The normalized spacial score (nSPS) is 11.1. The number of carbonyl (C=O) groups excluding carboxylic acids is 1. The van der Waals surface area contributed by atoms with E-state index in [4.69, 9.17) is 11.6 Å². The van der Waals surface area contributed by atoms with Crippen LogP contribution in [0.4, 0.5) is 0 Å². The fourth-order valence-corrected chi connectivity index (χ4v) is 2.71. The van der Waals surface area contributed by atoms with E-state index >= 15 is 0 Å². The van der Waals surface area contributed by atoms with E-state index in [0.717, 1.165) is 22.0 Å². The molecule has 0 unspecified atom stereocenters. The van der Waals surface area contributed by atoms with E-state index < -0.39 is 0 Å². The van der Waals surface area contributed by atoms with Crippen LogP contribution in [0.2, 0.25) is 5.02 Å². The molecule has 3 aromatic rings. The minimum absolute atomic E-state index is 0.0807. The van der Waals surface area contributed by atoms with Crippen LogP contribution in [0.25, 0.3) is 17.0 Å². The molecule has 0 saturated heterocycles. The van der Waals surface area contributed by atoms with Gasteiger partial charge in [-0.15, -0.1) is 0 Å². The smallest absolute Gasteiger partial charge is 0.246 e. The zero-order chi connectivity index (χ0) is 16.9. The lowest BCUT2D eigenvalue weighted by molar-refractivity contribution is -0.125. The third-order valence-corrected chi connectivity index (χ3v) is 4.18. The van der Waals surface area contributed by atoms with E-state index in [9.17, 15) is 4.79 Å². The molecule has 1 aromatic heterocycles. The number of aromatic nitrogens is 1. The number of hydrogen-bond donors (Lipinski definition) is 0. The highest BCUT2D eigenvalue weighted by Gasteiger charge is 2.08. The summed E-state index contributed by atoms with van der Waals surface area (Å²) in [5, 5.41) is 1.72. The van der Waals surface area contributed by atoms with Gasteiger partial charge in [-0.25, -0.2) is 0 Å². The summed E-state index contributed by atoms with van der Waals surface area (Å²) in [5.41, 5.74) is 2.74. The van der Waals surface area contributed by atoms with Crippen LogP contribution in [0.15, 0.2) is 66.9 Å². The summed E-state index contributed by atoms with van der Waals surface area (Å²) in [7, 11) is 1.76. The highest BCUT2D eigenvalue weighted by atomic mass is 35.5. The molecular formula is C20H17ClN2O. The molecule has 0 radical (unpaired) electrons. The van der Waals surface area contributed by atoms with E-state index in [1.807, 2.05) is 54.6 Å². The van der Waals surface area contributed by atoms with Crippen molar-refractivity contribution in [1.29, 1.82) is 0 Å². The minimum atomic E-state index is -0.0807. The van der Waals surface area contributed by atoms with Crippen LogP contribution in [0.5, 0.6) is 0 Å². The fraction of sp³-hybridized carbons (Fsp3) is 0.100. The molecule has 0 aliphatic rings. The highest BCUT2D eigenvalue weighted by molar-refractivity contribution is 6.31. The van der Waals surface area contributed by atoms with Crippen LogP contribution in [-0.2, 0) is 11.3 Å². The lowest BCUT2D eigenvalue weighted by Gasteiger charge is -2.16. The first kappa shape index (κ1) is 16.2. The average Bonchev–Trinajstić information content (AvgIpc) is 2.61. The van der Waals surface area contributed by atoms with Crippen LogP contribution in [0, 0.1) is 0 Å². The van der Waals surface area contributed by atoms with Crippen molar-refractivity contribution in [3.05, 3.63) is 83.0 Å². The number of halogens is 1. The number of hydrogen-bond acceptors (Lipinski definition) is 2. The average molecular weight is 337 g/mol. The Kier molecular flexibility index (Phi) is 4.92. The van der Waals surface area contributed by atoms with E-state index in [1.165, 1.54) is 0 Å². The van der Waals surface area contributed by atoms with Crippen LogP contribution in [0.3, 0.4) is 0 Å². The lowest BCUT2D eigenvalue weighted by atomic mass is 10.1. The van der Waals surface area contributed by atoms with Crippen molar-refractivity contribution in [3.63, 3.8) is 0 Å². The van der Waals surface area contributed by atoms with Crippen molar-refractivity contribution >= 4 is 34.5 Å². The van der Waals surface area contributed by atoms with Gasteiger partial charge in [-0.1, -0.05) is 54.1 Å². The molecule has 0 saturated carbocycles. The molecule has 1 amide bonds. The second-order valence-corrected chi connectivity index (χ2v) is 5.95. The largest absolute Gasteiger partial charge is 0.338 e. The van der Waals surface area contributed by atoms with Gasteiger partial charge in [0.05, 0.1) is 5.52 Å². The van der Waals surface area contributed by atoms with Gasteiger partial charge < -0.3 is 4.90 Å². The molecular weight excluding hydrogens is 320 g/mol. The maximum atomic E-state index is 12.3. The van der Waals surface area contributed by atoms with Crippen LogP contribution >= 0.6 is 11.6 Å². The van der Waals surface area contributed by atoms with Gasteiger partial charge in [-0.2, -0.15) is 0 Å². The summed E-state index contributed by atoms with van der Waals surface area (Å²) in [5.74, 6) is -0.0807. The van der Waals surface area contributed by atoms with Crippen LogP contribution in [0.1, 0.15) is 11.1 Å².